The Morgan fingerprint density at radius 1 is 1.07 bits per heavy atom. The fourth-order valence-corrected chi connectivity index (χ4v) is 6.06. The molecule has 1 aromatic heterocycles. The van der Waals surface area contributed by atoms with E-state index in [4.69, 9.17) is 30.5 Å². The van der Waals surface area contributed by atoms with Crippen LogP contribution in [0.25, 0.3) is 6.08 Å². The number of allylic oxidation sites excluding steroid dienone is 1. The first-order valence-electron chi connectivity index (χ1n) is 13.2. The van der Waals surface area contributed by atoms with E-state index in [0.29, 0.717) is 55.0 Å². The molecule has 1 aliphatic rings. The minimum atomic E-state index is -0.722. The van der Waals surface area contributed by atoms with Crippen LogP contribution >= 0.6 is 22.9 Å². The van der Waals surface area contributed by atoms with Gasteiger partial charge in [-0.3, -0.25) is 9.36 Å². The molecule has 0 amide bonds. The van der Waals surface area contributed by atoms with E-state index in [2.05, 4.69) is 4.99 Å². The lowest BCUT2D eigenvalue weighted by Gasteiger charge is -2.24. The number of esters is 1. The number of aromatic nitrogens is 1. The normalized spacial score (nSPS) is 14.7. The lowest BCUT2D eigenvalue weighted by molar-refractivity contribution is -0.139. The first-order chi connectivity index (χ1) is 20.3. The fourth-order valence-electron chi connectivity index (χ4n) is 4.74. The number of nitrogens with zero attached hydrogens (tertiary/aromatic N) is 2. The maximum Gasteiger partial charge on any atom is 0.338 e. The van der Waals surface area contributed by atoms with Crippen molar-refractivity contribution in [2.24, 2.45) is 4.99 Å². The molecule has 8 nitrogen and oxygen atoms in total. The van der Waals surface area contributed by atoms with Gasteiger partial charge in [0.2, 0.25) is 0 Å². The Hall–Kier alpha value is -4.34. The van der Waals surface area contributed by atoms with Gasteiger partial charge in [-0.05, 0) is 60.9 Å². The van der Waals surface area contributed by atoms with Crippen LogP contribution in [0.5, 0.6) is 17.2 Å². The quantitative estimate of drug-likeness (QED) is 0.249. The first-order valence-corrected chi connectivity index (χ1v) is 14.4. The van der Waals surface area contributed by atoms with Gasteiger partial charge in [-0.15, -0.1) is 0 Å². The third kappa shape index (κ3) is 5.84. The standard InChI is InChI=1S/C32H29ClN2O6S/c1-5-40-31(37)27-19(2)34-32-35(28(27)22-11-13-23(38-3)14-12-22)30(36)26(42-32)17-21-15-24(33)29(25(16-21)39-4)41-18-20-9-7-6-8-10-20/h6-17,28H,5,18H2,1-4H3/b26-17+/t28-/m1/s1. The molecular weight excluding hydrogens is 576 g/mol. The number of rotatable bonds is 9. The molecule has 0 saturated heterocycles. The Morgan fingerprint density at radius 2 is 1.81 bits per heavy atom. The smallest absolute Gasteiger partial charge is 0.338 e. The predicted octanol–water partition coefficient (Wildman–Crippen LogP) is 5.05. The van der Waals surface area contributed by atoms with Crippen molar-refractivity contribution < 1.29 is 23.7 Å². The van der Waals surface area contributed by atoms with E-state index in [9.17, 15) is 9.59 Å². The van der Waals surface area contributed by atoms with Gasteiger partial charge in [0.15, 0.2) is 16.3 Å². The molecule has 10 heteroatoms. The third-order valence-electron chi connectivity index (χ3n) is 6.72. The number of hydrogen-bond acceptors (Lipinski definition) is 8. The molecule has 42 heavy (non-hydrogen) atoms. The van der Waals surface area contributed by atoms with E-state index in [1.807, 2.05) is 42.5 Å². The van der Waals surface area contributed by atoms with Crippen molar-refractivity contribution in [3.8, 4) is 17.2 Å². The molecular formula is C32H29ClN2O6S. The first kappa shape index (κ1) is 29.2. The summed E-state index contributed by atoms with van der Waals surface area (Å²) in [6.07, 6.45) is 1.73. The molecule has 0 N–H and O–H groups in total. The number of carbonyl (C=O) groups excluding carboxylic acids is 1. The molecule has 4 aromatic rings. The molecule has 0 spiro atoms. The van der Waals surface area contributed by atoms with Gasteiger partial charge < -0.3 is 18.9 Å². The van der Waals surface area contributed by atoms with E-state index in [1.54, 1.807) is 51.3 Å². The van der Waals surface area contributed by atoms with Crippen LogP contribution in [0.1, 0.15) is 36.6 Å². The number of fused-ring (bicyclic) bond motifs is 1. The van der Waals surface area contributed by atoms with E-state index < -0.39 is 12.0 Å². The van der Waals surface area contributed by atoms with E-state index >= 15 is 0 Å². The van der Waals surface area contributed by atoms with Gasteiger partial charge in [0.05, 0.1) is 47.7 Å². The van der Waals surface area contributed by atoms with Crippen LogP contribution in [-0.2, 0) is 16.1 Å². The lowest BCUT2D eigenvalue weighted by Crippen LogP contribution is -2.39. The Bertz CT molecular complexity index is 1830. The second-order valence-corrected chi connectivity index (χ2v) is 10.8. The molecule has 0 aliphatic carbocycles. The molecule has 0 radical (unpaired) electrons. The van der Waals surface area contributed by atoms with Crippen LogP contribution in [0.4, 0.5) is 0 Å². The Kier molecular flexibility index (Phi) is 8.80. The molecule has 5 rings (SSSR count). The van der Waals surface area contributed by atoms with Crippen LogP contribution in [-0.4, -0.2) is 31.4 Å². The van der Waals surface area contributed by atoms with Crippen LogP contribution in [0.2, 0.25) is 5.02 Å². The van der Waals surface area contributed by atoms with Crippen molar-refractivity contribution >= 4 is 35.0 Å². The van der Waals surface area contributed by atoms with Gasteiger partial charge in [0, 0.05) is 0 Å². The zero-order valence-electron chi connectivity index (χ0n) is 23.5. The molecule has 0 saturated carbocycles. The average molecular weight is 605 g/mol. The van der Waals surface area contributed by atoms with Gasteiger partial charge in [-0.2, -0.15) is 0 Å². The summed E-state index contributed by atoms with van der Waals surface area (Å²) in [4.78, 5) is 32.1. The summed E-state index contributed by atoms with van der Waals surface area (Å²) in [6, 6.07) is 19.7. The topological polar surface area (TPSA) is 88.4 Å². The summed E-state index contributed by atoms with van der Waals surface area (Å²) in [6.45, 7) is 4.01. The van der Waals surface area contributed by atoms with Gasteiger partial charge in [-0.25, -0.2) is 9.79 Å². The maximum absolute atomic E-state index is 13.9. The van der Waals surface area contributed by atoms with Crippen LogP contribution in [0, 0.1) is 0 Å². The molecule has 1 aliphatic heterocycles. The minimum absolute atomic E-state index is 0.197. The Balaban J connectivity index is 1.58. The number of halogens is 1. The highest BCUT2D eigenvalue weighted by Gasteiger charge is 2.33. The van der Waals surface area contributed by atoms with E-state index in [-0.39, 0.29) is 12.2 Å². The van der Waals surface area contributed by atoms with E-state index in [1.165, 1.54) is 23.0 Å². The fraction of sp³-hybridized carbons (Fsp3) is 0.219. The Labute approximate surface area is 251 Å². The second kappa shape index (κ2) is 12.7. The van der Waals surface area contributed by atoms with Crippen molar-refractivity contribution in [1.29, 1.82) is 0 Å². The number of ether oxygens (including phenoxy) is 4. The lowest BCUT2D eigenvalue weighted by atomic mass is 9.96. The molecule has 216 valence electrons. The summed E-state index contributed by atoms with van der Waals surface area (Å²) < 4.78 is 24.2. The zero-order chi connectivity index (χ0) is 29.8. The second-order valence-electron chi connectivity index (χ2n) is 9.38. The van der Waals surface area contributed by atoms with Gasteiger partial charge in [0.25, 0.3) is 5.56 Å². The van der Waals surface area contributed by atoms with E-state index in [0.717, 1.165) is 11.1 Å². The van der Waals surface area contributed by atoms with Crippen LogP contribution in [0.3, 0.4) is 0 Å². The summed E-state index contributed by atoms with van der Waals surface area (Å²) in [7, 11) is 3.11. The van der Waals surface area contributed by atoms with Crippen molar-refractivity contribution in [3.63, 3.8) is 0 Å². The zero-order valence-corrected chi connectivity index (χ0v) is 25.1. The largest absolute Gasteiger partial charge is 0.497 e. The van der Waals surface area contributed by atoms with Gasteiger partial charge in [-0.1, -0.05) is 65.4 Å². The predicted molar refractivity (Wildman–Crippen MR) is 162 cm³/mol. The summed E-state index contributed by atoms with van der Waals surface area (Å²) in [5, 5.41) is 0.348. The number of methoxy groups -OCH3 is 2. The highest BCUT2D eigenvalue weighted by atomic mass is 35.5. The molecule has 3 aromatic carbocycles. The molecule has 2 heterocycles. The van der Waals surface area contributed by atoms with Gasteiger partial charge in [0.1, 0.15) is 12.4 Å². The van der Waals surface area contributed by atoms with Crippen LogP contribution in [0.15, 0.2) is 87.8 Å². The van der Waals surface area contributed by atoms with Gasteiger partial charge >= 0.3 is 5.97 Å². The average Bonchev–Trinajstić information content (AvgIpc) is 3.30. The number of carbonyl (C=O) groups is 1. The molecule has 0 bridgehead atoms. The number of benzene rings is 3. The van der Waals surface area contributed by atoms with Crippen molar-refractivity contribution in [2.45, 2.75) is 26.5 Å². The molecule has 0 fully saturated rings. The monoisotopic (exact) mass is 604 g/mol. The summed E-state index contributed by atoms with van der Waals surface area (Å²) in [5.41, 5.74) is 2.87. The van der Waals surface area contributed by atoms with Crippen LogP contribution < -0.4 is 29.1 Å². The van der Waals surface area contributed by atoms with Crippen molar-refractivity contribution in [2.75, 3.05) is 20.8 Å². The molecule has 0 unspecified atom stereocenters. The SMILES string of the molecule is CCOC(=O)C1=C(C)N=c2s/c(=C/c3cc(Cl)c(OCc4ccccc4)c(OC)c3)c(=O)n2[C@@H]1c1ccc(OC)cc1. The number of thiazole rings is 1. The van der Waals surface area contributed by atoms with Crippen molar-refractivity contribution in [1.82, 2.24) is 4.57 Å². The highest BCUT2D eigenvalue weighted by Crippen LogP contribution is 2.37. The minimum Gasteiger partial charge on any atom is -0.497 e. The maximum atomic E-state index is 13.9. The third-order valence-corrected chi connectivity index (χ3v) is 7.99. The Morgan fingerprint density at radius 3 is 2.48 bits per heavy atom. The van der Waals surface area contributed by atoms with Crippen molar-refractivity contribution in [3.05, 3.63) is 119 Å². The summed E-state index contributed by atoms with van der Waals surface area (Å²) in [5.74, 6) is 0.993. The molecule has 1 atom stereocenters. The summed E-state index contributed by atoms with van der Waals surface area (Å²) >= 11 is 7.85. The highest BCUT2D eigenvalue weighted by molar-refractivity contribution is 7.07. The number of hydrogen-bond donors (Lipinski definition) is 0.